The van der Waals surface area contributed by atoms with E-state index in [-0.39, 0.29) is 11.7 Å². The summed E-state index contributed by atoms with van der Waals surface area (Å²) in [6, 6.07) is 2.47. The zero-order chi connectivity index (χ0) is 17.1. The number of hydrogen-bond acceptors (Lipinski definition) is 4. The van der Waals surface area contributed by atoms with Crippen molar-refractivity contribution in [2.75, 3.05) is 0 Å². The number of carbonyl (C=O) groups excluding carboxylic acids is 2. The van der Waals surface area contributed by atoms with Gasteiger partial charge in [0.1, 0.15) is 22.9 Å². The molecule has 0 radical (unpaired) electrons. The Morgan fingerprint density at radius 1 is 1.22 bits per heavy atom. The van der Waals surface area contributed by atoms with Crippen molar-refractivity contribution in [1.29, 1.82) is 0 Å². The molecule has 6 heteroatoms. The Morgan fingerprint density at radius 2 is 1.91 bits per heavy atom. The standard InChI is InChI=1S/C17H15F2NO3/c1-9(2)12-8-15(10(3)6-16(12)21)20-23-17(22)13-7-11(18)4-5-14(13)19/h4-9H,1-3H3/b20-15+. The second-order valence-corrected chi connectivity index (χ2v) is 5.43. The first-order valence-corrected chi connectivity index (χ1v) is 6.98. The van der Waals surface area contributed by atoms with Crippen molar-refractivity contribution in [2.45, 2.75) is 20.8 Å². The molecular weight excluding hydrogens is 304 g/mol. The van der Waals surface area contributed by atoms with Gasteiger partial charge in [0.2, 0.25) is 0 Å². The van der Waals surface area contributed by atoms with Crippen LogP contribution < -0.4 is 0 Å². The third kappa shape index (κ3) is 3.77. The summed E-state index contributed by atoms with van der Waals surface area (Å²) in [5.41, 5.74) is 0.795. The van der Waals surface area contributed by atoms with Crippen molar-refractivity contribution in [2.24, 2.45) is 11.1 Å². The fraction of sp³-hybridized carbons (Fsp3) is 0.235. The predicted octanol–water partition coefficient (Wildman–Crippen LogP) is 3.59. The largest absolute Gasteiger partial charge is 0.368 e. The molecule has 0 aliphatic heterocycles. The zero-order valence-corrected chi connectivity index (χ0v) is 12.9. The van der Waals surface area contributed by atoms with Crippen molar-refractivity contribution in [3.8, 4) is 0 Å². The molecule has 0 atom stereocenters. The molecule has 0 amide bonds. The zero-order valence-electron chi connectivity index (χ0n) is 12.9. The van der Waals surface area contributed by atoms with Crippen molar-refractivity contribution in [3.05, 3.63) is 58.7 Å². The van der Waals surface area contributed by atoms with Crippen molar-refractivity contribution in [3.63, 3.8) is 0 Å². The monoisotopic (exact) mass is 319 g/mol. The predicted molar refractivity (Wildman–Crippen MR) is 80.9 cm³/mol. The number of benzene rings is 1. The van der Waals surface area contributed by atoms with Gasteiger partial charge in [0.25, 0.3) is 0 Å². The first kappa shape index (κ1) is 16.7. The molecule has 0 N–H and O–H groups in total. The maximum Gasteiger partial charge on any atom is 0.368 e. The van der Waals surface area contributed by atoms with Gasteiger partial charge in [-0.15, -0.1) is 0 Å². The van der Waals surface area contributed by atoms with E-state index in [9.17, 15) is 18.4 Å². The number of hydrogen-bond donors (Lipinski definition) is 0. The van der Waals surface area contributed by atoms with E-state index in [2.05, 4.69) is 9.99 Å². The Kier molecular flexibility index (Phi) is 4.83. The van der Waals surface area contributed by atoms with E-state index in [0.717, 1.165) is 18.2 Å². The lowest BCUT2D eigenvalue weighted by atomic mass is 9.90. The van der Waals surface area contributed by atoms with E-state index in [1.807, 2.05) is 13.8 Å². The minimum Gasteiger partial charge on any atom is -0.312 e. The van der Waals surface area contributed by atoms with Crippen LogP contribution in [0.4, 0.5) is 8.78 Å². The van der Waals surface area contributed by atoms with E-state index in [1.54, 1.807) is 6.92 Å². The Balaban J connectivity index is 2.25. The lowest BCUT2D eigenvalue weighted by Gasteiger charge is -2.14. The van der Waals surface area contributed by atoms with Gasteiger partial charge in [-0.2, -0.15) is 0 Å². The van der Waals surface area contributed by atoms with Gasteiger partial charge in [0.05, 0.1) is 0 Å². The minimum absolute atomic E-state index is 0.0200. The van der Waals surface area contributed by atoms with E-state index in [4.69, 9.17) is 0 Å². The molecule has 0 spiro atoms. The molecular formula is C17H15F2NO3. The van der Waals surface area contributed by atoms with Crippen LogP contribution in [0.3, 0.4) is 0 Å². The van der Waals surface area contributed by atoms with Crippen molar-refractivity contribution in [1.82, 2.24) is 0 Å². The molecule has 4 nitrogen and oxygen atoms in total. The number of allylic oxidation sites excluding steroid dienone is 4. The van der Waals surface area contributed by atoms with E-state index >= 15 is 0 Å². The molecule has 120 valence electrons. The summed E-state index contributed by atoms with van der Waals surface area (Å²) in [5.74, 6) is -2.92. The Labute approximate surface area is 132 Å². The number of oxime groups is 1. The summed E-state index contributed by atoms with van der Waals surface area (Å²) in [5, 5.41) is 3.66. The topological polar surface area (TPSA) is 55.7 Å². The van der Waals surface area contributed by atoms with Crippen LogP contribution >= 0.6 is 0 Å². The van der Waals surface area contributed by atoms with Crippen LogP contribution in [-0.4, -0.2) is 17.5 Å². The third-order valence-corrected chi connectivity index (χ3v) is 3.33. The first-order chi connectivity index (χ1) is 10.8. The minimum atomic E-state index is -1.11. The number of ketones is 1. The van der Waals surface area contributed by atoms with Crippen LogP contribution in [0, 0.1) is 17.6 Å². The first-order valence-electron chi connectivity index (χ1n) is 6.98. The Bertz CT molecular complexity index is 761. The number of rotatable bonds is 3. The average Bonchev–Trinajstić information content (AvgIpc) is 2.48. The van der Waals surface area contributed by atoms with Crippen LogP contribution in [0.15, 0.2) is 46.7 Å². The van der Waals surface area contributed by atoms with Gasteiger partial charge in [0.15, 0.2) is 5.78 Å². The van der Waals surface area contributed by atoms with Gasteiger partial charge in [-0.05, 0) is 48.8 Å². The molecule has 0 saturated carbocycles. The smallest absolute Gasteiger partial charge is 0.312 e. The highest BCUT2D eigenvalue weighted by Crippen LogP contribution is 2.19. The highest BCUT2D eigenvalue weighted by atomic mass is 19.1. The molecule has 1 aliphatic rings. The lowest BCUT2D eigenvalue weighted by molar-refractivity contribution is -0.111. The van der Waals surface area contributed by atoms with Crippen molar-refractivity contribution < 1.29 is 23.2 Å². The average molecular weight is 319 g/mol. The van der Waals surface area contributed by atoms with Gasteiger partial charge in [-0.25, -0.2) is 13.6 Å². The molecule has 23 heavy (non-hydrogen) atoms. The van der Waals surface area contributed by atoms with E-state index in [0.29, 0.717) is 16.9 Å². The summed E-state index contributed by atoms with van der Waals surface area (Å²) < 4.78 is 26.6. The quantitative estimate of drug-likeness (QED) is 0.486. The summed E-state index contributed by atoms with van der Waals surface area (Å²) in [6.07, 6.45) is 2.92. The van der Waals surface area contributed by atoms with E-state index in [1.165, 1.54) is 12.2 Å². The maximum absolute atomic E-state index is 13.5. The van der Waals surface area contributed by atoms with Gasteiger partial charge in [-0.3, -0.25) is 4.79 Å². The van der Waals surface area contributed by atoms with Crippen LogP contribution in [0.1, 0.15) is 31.1 Å². The molecule has 0 bridgehead atoms. The van der Waals surface area contributed by atoms with Gasteiger partial charge < -0.3 is 4.84 Å². The van der Waals surface area contributed by atoms with Crippen LogP contribution in [0.25, 0.3) is 0 Å². The van der Waals surface area contributed by atoms with Gasteiger partial charge >= 0.3 is 5.97 Å². The molecule has 1 aliphatic carbocycles. The molecule has 0 unspecified atom stereocenters. The highest BCUT2D eigenvalue weighted by molar-refractivity contribution is 6.21. The summed E-state index contributed by atoms with van der Waals surface area (Å²) in [4.78, 5) is 28.3. The molecule has 1 aromatic rings. The fourth-order valence-electron chi connectivity index (χ4n) is 2.03. The van der Waals surface area contributed by atoms with E-state index < -0.39 is 23.2 Å². The Hall–Kier alpha value is -2.63. The Morgan fingerprint density at radius 3 is 2.57 bits per heavy atom. The number of carbonyl (C=O) groups is 2. The summed E-state index contributed by atoms with van der Waals surface area (Å²) >= 11 is 0. The van der Waals surface area contributed by atoms with Crippen LogP contribution in [0.5, 0.6) is 0 Å². The third-order valence-electron chi connectivity index (χ3n) is 3.33. The highest BCUT2D eigenvalue weighted by Gasteiger charge is 2.20. The normalized spacial score (nSPS) is 16.4. The van der Waals surface area contributed by atoms with Crippen LogP contribution in [0.2, 0.25) is 0 Å². The summed E-state index contributed by atoms with van der Waals surface area (Å²) in [7, 11) is 0. The van der Waals surface area contributed by atoms with Gasteiger partial charge in [-0.1, -0.05) is 19.0 Å². The molecule has 0 aromatic heterocycles. The SMILES string of the molecule is CC1=CC(=O)C(C(C)C)=C/C1=N\OC(=O)c1cc(F)ccc1F. The van der Waals surface area contributed by atoms with Gasteiger partial charge in [0, 0.05) is 5.57 Å². The molecule has 1 aromatic carbocycles. The number of nitrogens with zero attached hydrogens (tertiary/aromatic N) is 1. The van der Waals surface area contributed by atoms with Crippen molar-refractivity contribution >= 4 is 17.5 Å². The molecule has 0 fully saturated rings. The second kappa shape index (κ2) is 6.64. The fourth-order valence-corrected chi connectivity index (χ4v) is 2.03. The summed E-state index contributed by atoms with van der Waals surface area (Å²) in [6.45, 7) is 5.34. The molecule has 2 rings (SSSR count). The van der Waals surface area contributed by atoms with Crippen LogP contribution in [-0.2, 0) is 9.63 Å². The number of halogens is 2. The lowest BCUT2D eigenvalue weighted by Crippen LogP contribution is -2.16. The molecule has 0 heterocycles. The second-order valence-electron chi connectivity index (χ2n) is 5.43. The molecule has 0 saturated heterocycles. The maximum atomic E-state index is 13.5.